The maximum absolute atomic E-state index is 12.1. The van der Waals surface area contributed by atoms with Gasteiger partial charge in [0.05, 0.1) is 19.6 Å². The summed E-state index contributed by atoms with van der Waals surface area (Å²) >= 11 is 1.23. The molecule has 0 bridgehead atoms. The van der Waals surface area contributed by atoms with E-state index in [1.165, 1.54) is 23.6 Å². The molecule has 2 aliphatic heterocycles. The minimum absolute atomic E-state index is 0.00621. The van der Waals surface area contributed by atoms with Crippen LogP contribution >= 0.6 is 11.8 Å². The van der Waals surface area contributed by atoms with Crippen molar-refractivity contribution in [2.24, 2.45) is 5.92 Å². The zero-order chi connectivity index (χ0) is 18.1. The van der Waals surface area contributed by atoms with Crippen molar-refractivity contribution in [1.82, 2.24) is 9.80 Å². The quantitative estimate of drug-likeness (QED) is 0.810. The molecular formula is C16H26N2O5S. The fraction of sp³-hybridized carbons (Fsp3) is 0.812. The molecule has 0 spiro atoms. The van der Waals surface area contributed by atoms with Crippen LogP contribution in [0.4, 0.5) is 4.79 Å². The van der Waals surface area contributed by atoms with Crippen LogP contribution in [0.15, 0.2) is 0 Å². The molecule has 0 saturated carbocycles. The van der Waals surface area contributed by atoms with Crippen molar-refractivity contribution in [2.75, 3.05) is 31.9 Å². The molecule has 24 heavy (non-hydrogen) atoms. The van der Waals surface area contributed by atoms with E-state index in [1.807, 2.05) is 0 Å². The summed E-state index contributed by atoms with van der Waals surface area (Å²) in [4.78, 5) is 38.1. The highest BCUT2D eigenvalue weighted by Gasteiger charge is 2.48. The van der Waals surface area contributed by atoms with Crippen LogP contribution in [0.2, 0.25) is 0 Å². The standard InChI is InChI=1S/C16H26N2O5S/c1-11(19)24-7-12-5-13(20)17(6-12)8-16(22)9-18(10-16)14(21)23-15(2,3)4/h12,22H,5-10H2,1-4H3. The van der Waals surface area contributed by atoms with Crippen LogP contribution in [0.3, 0.4) is 0 Å². The molecule has 0 aromatic rings. The predicted molar refractivity (Wildman–Crippen MR) is 90.6 cm³/mol. The third-order valence-electron chi connectivity index (χ3n) is 3.92. The average Bonchev–Trinajstić information content (AvgIpc) is 2.72. The lowest BCUT2D eigenvalue weighted by atomic mass is 9.94. The van der Waals surface area contributed by atoms with E-state index in [1.54, 1.807) is 25.7 Å². The lowest BCUT2D eigenvalue weighted by Crippen LogP contribution is -2.68. The Morgan fingerprint density at radius 1 is 1.38 bits per heavy atom. The van der Waals surface area contributed by atoms with E-state index < -0.39 is 17.3 Å². The fourth-order valence-electron chi connectivity index (χ4n) is 2.93. The molecule has 1 atom stereocenters. The summed E-state index contributed by atoms with van der Waals surface area (Å²) in [5, 5.41) is 10.6. The number of carbonyl (C=O) groups excluding carboxylic acids is 3. The summed E-state index contributed by atoms with van der Waals surface area (Å²) in [5.74, 6) is 0.755. The minimum atomic E-state index is -1.07. The van der Waals surface area contributed by atoms with Gasteiger partial charge in [-0.3, -0.25) is 9.59 Å². The van der Waals surface area contributed by atoms with Crippen molar-refractivity contribution >= 4 is 28.9 Å². The average molecular weight is 358 g/mol. The molecule has 0 radical (unpaired) electrons. The SMILES string of the molecule is CC(=O)SCC1CC(=O)N(CC2(O)CN(C(=O)OC(C)(C)C)C2)C1. The third-order valence-corrected chi connectivity index (χ3v) is 4.97. The molecule has 2 amide bonds. The second-order valence-electron chi connectivity index (χ2n) is 7.71. The number of hydrogen-bond acceptors (Lipinski definition) is 6. The molecule has 2 aliphatic rings. The van der Waals surface area contributed by atoms with Crippen molar-refractivity contribution in [3.63, 3.8) is 0 Å². The first kappa shape index (κ1) is 19.1. The Hall–Kier alpha value is -1.28. The topological polar surface area (TPSA) is 87.2 Å². The second-order valence-corrected chi connectivity index (χ2v) is 8.90. The molecule has 0 aromatic carbocycles. The van der Waals surface area contributed by atoms with Crippen LogP contribution in [0, 0.1) is 5.92 Å². The smallest absolute Gasteiger partial charge is 0.410 e. The van der Waals surface area contributed by atoms with Gasteiger partial charge in [0.2, 0.25) is 5.91 Å². The van der Waals surface area contributed by atoms with Crippen LogP contribution in [-0.4, -0.2) is 75.2 Å². The number of β-amino-alcohol motifs (C(OH)–C–C–N with tert-alkyl or cyclic N) is 1. The largest absolute Gasteiger partial charge is 0.444 e. The van der Waals surface area contributed by atoms with E-state index in [9.17, 15) is 19.5 Å². The molecule has 2 rings (SSSR count). The number of rotatable bonds is 4. The van der Waals surface area contributed by atoms with Gasteiger partial charge in [-0.25, -0.2) is 4.79 Å². The van der Waals surface area contributed by atoms with Crippen LogP contribution in [0.5, 0.6) is 0 Å². The highest BCUT2D eigenvalue weighted by molar-refractivity contribution is 8.13. The first-order valence-corrected chi connectivity index (χ1v) is 9.07. The maximum Gasteiger partial charge on any atom is 0.410 e. The van der Waals surface area contributed by atoms with E-state index >= 15 is 0 Å². The number of thioether (sulfide) groups is 1. The molecule has 0 aromatic heterocycles. The Balaban J connectivity index is 1.79. The van der Waals surface area contributed by atoms with Gasteiger partial charge in [0.15, 0.2) is 5.12 Å². The van der Waals surface area contributed by atoms with Crippen molar-refractivity contribution in [3.05, 3.63) is 0 Å². The second kappa shape index (κ2) is 6.92. The maximum atomic E-state index is 12.1. The zero-order valence-corrected chi connectivity index (χ0v) is 15.5. The van der Waals surface area contributed by atoms with Gasteiger partial charge in [-0.15, -0.1) is 0 Å². The number of nitrogens with zero attached hydrogens (tertiary/aromatic N) is 2. The molecule has 0 aliphatic carbocycles. The van der Waals surface area contributed by atoms with Gasteiger partial charge < -0.3 is 19.6 Å². The van der Waals surface area contributed by atoms with Gasteiger partial charge in [-0.05, 0) is 26.7 Å². The lowest BCUT2D eigenvalue weighted by Gasteiger charge is -2.47. The molecule has 1 N–H and O–H groups in total. The van der Waals surface area contributed by atoms with Crippen LogP contribution < -0.4 is 0 Å². The number of likely N-dealkylation sites (tertiary alicyclic amines) is 2. The Bertz CT molecular complexity index is 525. The molecule has 2 fully saturated rings. The summed E-state index contributed by atoms with van der Waals surface area (Å²) in [6.07, 6.45) is -0.0396. The normalized spacial score (nSPS) is 23.2. The minimum Gasteiger partial charge on any atom is -0.444 e. The Morgan fingerprint density at radius 2 is 2.00 bits per heavy atom. The molecule has 2 saturated heterocycles. The van der Waals surface area contributed by atoms with Crippen LogP contribution in [-0.2, 0) is 14.3 Å². The lowest BCUT2D eigenvalue weighted by molar-refractivity contribution is -0.139. The molecule has 2 heterocycles. The summed E-state index contributed by atoms with van der Waals surface area (Å²) < 4.78 is 5.26. The summed E-state index contributed by atoms with van der Waals surface area (Å²) in [5.41, 5.74) is -1.65. The summed E-state index contributed by atoms with van der Waals surface area (Å²) in [6.45, 7) is 7.98. The molecule has 7 nitrogen and oxygen atoms in total. The number of ether oxygens (including phenoxy) is 1. The first-order valence-electron chi connectivity index (χ1n) is 8.09. The number of aliphatic hydroxyl groups is 1. The van der Waals surface area contributed by atoms with Crippen molar-refractivity contribution < 1.29 is 24.2 Å². The van der Waals surface area contributed by atoms with Gasteiger partial charge in [0.25, 0.3) is 0 Å². The van der Waals surface area contributed by atoms with Gasteiger partial charge in [0, 0.05) is 25.6 Å². The van der Waals surface area contributed by atoms with Gasteiger partial charge >= 0.3 is 6.09 Å². The highest BCUT2D eigenvalue weighted by atomic mass is 32.2. The van der Waals surface area contributed by atoms with E-state index in [4.69, 9.17) is 4.74 Å². The van der Waals surface area contributed by atoms with E-state index in [-0.39, 0.29) is 36.6 Å². The molecule has 136 valence electrons. The van der Waals surface area contributed by atoms with Crippen LogP contribution in [0.25, 0.3) is 0 Å². The van der Waals surface area contributed by atoms with Gasteiger partial charge in [0.1, 0.15) is 11.2 Å². The number of hydrogen-bond donors (Lipinski definition) is 1. The predicted octanol–water partition coefficient (Wildman–Crippen LogP) is 1.10. The summed E-state index contributed by atoms with van der Waals surface area (Å²) in [7, 11) is 0. The number of carbonyl (C=O) groups is 3. The van der Waals surface area contributed by atoms with E-state index in [0.29, 0.717) is 18.7 Å². The van der Waals surface area contributed by atoms with E-state index in [2.05, 4.69) is 0 Å². The monoisotopic (exact) mass is 358 g/mol. The Kier molecular flexibility index (Phi) is 5.49. The zero-order valence-electron chi connectivity index (χ0n) is 14.7. The third kappa shape index (κ3) is 5.11. The molecule has 1 unspecified atom stereocenters. The number of amides is 2. The highest BCUT2D eigenvalue weighted by Crippen LogP contribution is 2.28. The molecule has 8 heteroatoms. The van der Waals surface area contributed by atoms with Crippen LogP contribution in [0.1, 0.15) is 34.1 Å². The summed E-state index contributed by atoms with van der Waals surface area (Å²) in [6, 6.07) is 0. The Labute approximate surface area is 146 Å². The fourth-order valence-corrected chi connectivity index (χ4v) is 3.62. The van der Waals surface area contributed by atoms with Crippen molar-refractivity contribution in [3.8, 4) is 0 Å². The van der Waals surface area contributed by atoms with Gasteiger partial charge in [-0.1, -0.05) is 11.8 Å². The molecular weight excluding hydrogens is 332 g/mol. The van der Waals surface area contributed by atoms with Crippen molar-refractivity contribution in [2.45, 2.75) is 45.3 Å². The first-order chi connectivity index (χ1) is 11.0. The van der Waals surface area contributed by atoms with Crippen molar-refractivity contribution in [1.29, 1.82) is 0 Å². The van der Waals surface area contributed by atoms with E-state index in [0.717, 1.165) is 0 Å². The Morgan fingerprint density at radius 3 is 2.54 bits per heavy atom. The van der Waals surface area contributed by atoms with Gasteiger partial charge in [-0.2, -0.15) is 0 Å².